The van der Waals surface area contributed by atoms with Crippen molar-refractivity contribution < 1.29 is 14.4 Å². The zero-order valence-corrected chi connectivity index (χ0v) is 15.5. The Hall–Kier alpha value is -3.35. The van der Waals surface area contributed by atoms with Crippen LogP contribution in [-0.2, 0) is 22.6 Å². The molecule has 2 aromatic carbocycles. The van der Waals surface area contributed by atoms with E-state index in [2.05, 4.69) is 39.8 Å². The summed E-state index contributed by atoms with van der Waals surface area (Å²) in [6.45, 7) is 2.02. The maximum atomic E-state index is 12.2. The Kier molecular flexibility index (Phi) is 4.97. The average Bonchev–Trinajstić information content (AvgIpc) is 3.09. The van der Waals surface area contributed by atoms with Gasteiger partial charge in [0.2, 0.25) is 11.8 Å². The highest BCUT2D eigenvalue weighted by Crippen LogP contribution is 2.28. The Morgan fingerprint density at radius 3 is 2.50 bits per heavy atom. The van der Waals surface area contributed by atoms with Crippen molar-refractivity contribution in [1.29, 1.82) is 0 Å². The van der Waals surface area contributed by atoms with E-state index in [1.165, 1.54) is 21.7 Å². The molecular weight excluding hydrogens is 356 g/mol. The third-order valence-electron chi connectivity index (χ3n) is 5.07. The molecule has 144 valence electrons. The quantitative estimate of drug-likeness (QED) is 0.835. The lowest BCUT2D eigenvalue weighted by atomic mass is 10.1. The van der Waals surface area contributed by atoms with Crippen LogP contribution in [0, 0.1) is 0 Å². The molecule has 7 nitrogen and oxygen atoms in total. The van der Waals surface area contributed by atoms with Crippen LogP contribution in [0.2, 0.25) is 0 Å². The second kappa shape index (κ2) is 7.72. The molecule has 2 aliphatic rings. The molecule has 4 amide bonds. The molecule has 1 saturated heterocycles. The zero-order chi connectivity index (χ0) is 19.5. The number of imide groups is 1. The lowest BCUT2D eigenvalue weighted by molar-refractivity contribution is -0.123. The molecule has 2 N–H and O–H groups in total. The van der Waals surface area contributed by atoms with Crippen LogP contribution in [0.25, 0.3) is 0 Å². The number of amides is 4. The van der Waals surface area contributed by atoms with Crippen LogP contribution in [0.4, 0.5) is 16.2 Å². The van der Waals surface area contributed by atoms with Crippen molar-refractivity contribution >= 4 is 29.2 Å². The van der Waals surface area contributed by atoms with Crippen LogP contribution in [-0.4, -0.2) is 42.4 Å². The van der Waals surface area contributed by atoms with Crippen molar-refractivity contribution in [2.45, 2.75) is 19.4 Å². The summed E-state index contributed by atoms with van der Waals surface area (Å²) in [6, 6.07) is 15.7. The Balaban J connectivity index is 1.32. The lowest BCUT2D eigenvalue weighted by Crippen LogP contribution is -2.51. The highest BCUT2D eigenvalue weighted by molar-refractivity contribution is 6.00. The molecule has 2 aliphatic heterocycles. The Morgan fingerprint density at radius 1 is 0.964 bits per heavy atom. The predicted octanol–water partition coefficient (Wildman–Crippen LogP) is 2.13. The molecule has 0 radical (unpaired) electrons. The Bertz CT molecular complexity index is 910. The van der Waals surface area contributed by atoms with Crippen molar-refractivity contribution in [2.75, 3.05) is 29.9 Å². The van der Waals surface area contributed by atoms with Gasteiger partial charge in [-0.2, -0.15) is 0 Å². The summed E-state index contributed by atoms with van der Waals surface area (Å²) >= 11 is 0. The second-order valence-electron chi connectivity index (χ2n) is 7.07. The highest BCUT2D eigenvalue weighted by atomic mass is 16.2. The molecule has 2 aromatic rings. The topological polar surface area (TPSA) is 81.8 Å². The fraction of sp³-hybridized carbons (Fsp3) is 0.286. The van der Waals surface area contributed by atoms with Gasteiger partial charge in [-0.05, 0) is 35.7 Å². The standard InChI is InChI=1S/C21H22N4O3/c26-19-10-12-25(21(28)23-19)14-20(27)22-17-7-5-15(6-8-17)13-24-11-9-16-3-1-2-4-18(16)24/h1-8H,9-14H2,(H,22,27)(H,23,26,28). The van der Waals surface area contributed by atoms with Crippen LogP contribution >= 0.6 is 0 Å². The minimum Gasteiger partial charge on any atom is -0.367 e. The van der Waals surface area contributed by atoms with E-state index in [0.717, 1.165) is 19.5 Å². The van der Waals surface area contributed by atoms with Gasteiger partial charge in [-0.15, -0.1) is 0 Å². The summed E-state index contributed by atoms with van der Waals surface area (Å²) in [6.07, 6.45) is 1.29. The van der Waals surface area contributed by atoms with E-state index in [4.69, 9.17) is 0 Å². The normalized spacial score (nSPS) is 16.0. The number of carbonyl (C=O) groups excluding carboxylic acids is 3. The number of benzene rings is 2. The van der Waals surface area contributed by atoms with E-state index >= 15 is 0 Å². The van der Waals surface area contributed by atoms with Crippen LogP contribution in [0.5, 0.6) is 0 Å². The third kappa shape index (κ3) is 3.98. The van der Waals surface area contributed by atoms with Crippen molar-refractivity contribution in [2.24, 2.45) is 0 Å². The molecule has 0 bridgehead atoms. The number of nitrogens with zero attached hydrogens (tertiary/aromatic N) is 2. The first-order chi connectivity index (χ1) is 13.6. The van der Waals surface area contributed by atoms with Crippen molar-refractivity contribution in [3.05, 3.63) is 59.7 Å². The summed E-state index contributed by atoms with van der Waals surface area (Å²) < 4.78 is 0. The van der Waals surface area contributed by atoms with Gasteiger partial charge in [-0.25, -0.2) is 4.79 Å². The first-order valence-corrected chi connectivity index (χ1v) is 9.39. The second-order valence-corrected chi connectivity index (χ2v) is 7.07. The van der Waals surface area contributed by atoms with Gasteiger partial charge in [0.15, 0.2) is 0 Å². The summed E-state index contributed by atoms with van der Waals surface area (Å²) in [5.74, 6) is -0.594. The summed E-state index contributed by atoms with van der Waals surface area (Å²) in [5, 5.41) is 5.01. The third-order valence-corrected chi connectivity index (χ3v) is 5.07. The average molecular weight is 378 g/mol. The molecule has 0 aromatic heterocycles. The smallest absolute Gasteiger partial charge is 0.324 e. The number of anilines is 2. The van der Waals surface area contributed by atoms with E-state index in [1.807, 2.05) is 24.3 Å². The number of hydrogen-bond acceptors (Lipinski definition) is 4. The maximum absolute atomic E-state index is 12.2. The minimum atomic E-state index is -0.521. The molecule has 0 aliphatic carbocycles. The largest absolute Gasteiger partial charge is 0.367 e. The fourth-order valence-electron chi connectivity index (χ4n) is 3.61. The first kappa shape index (κ1) is 18.0. The van der Waals surface area contributed by atoms with Gasteiger partial charge in [0.05, 0.1) is 0 Å². The Morgan fingerprint density at radius 2 is 1.71 bits per heavy atom. The van der Waals surface area contributed by atoms with Gasteiger partial charge in [-0.1, -0.05) is 30.3 Å². The zero-order valence-electron chi connectivity index (χ0n) is 15.5. The number of carbonyl (C=O) groups is 3. The summed E-state index contributed by atoms with van der Waals surface area (Å²) in [5.41, 5.74) is 4.53. The molecule has 1 fully saturated rings. The van der Waals surface area contributed by atoms with Gasteiger partial charge < -0.3 is 15.1 Å². The molecule has 7 heteroatoms. The van der Waals surface area contributed by atoms with Gasteiger partial charge >= 0.3 is 6.03 Å². The van der Waals surface area contributed by atoms with E-state index in [0.29, 0.717) is 5.69 Å². The van der Waals surface area contributed by atoms with E-state index in [9.17, 15) is 14.4 Å². The maximum Gasteiger partial charge on any atom is 0.324 e. The number of hydrogen-bond donors (Lipinski definition) is 2. The van der Waals surface area contributed by atoms with E-state index < -0.39 is 6.03 Å². The van der Waals surface area contributed by atoms with Gasteiger partial charge in [0.25, 0.3) is 0 Å². The molecule has 0 unspecified atom stereocenters. The van der Waals surface area contributed by atoms with Crippen LogP contribution in [0.1, 0.15) is 17.5 Å². The van der Waals surface area contributed by atoms with Crippen molar-refractivity contribution in [3.8, 4) is 0 Å². The van der Waals surface area contributed by atoms with Crippen LogP contribution in [0.15, 0.2) is 48.5 Å². The van der Waals surface area contributed by atoms with Crippen LogP contribution in [0.3, 0.4) is 0 Å². The number of nitrogens with one attached hydrogen (secondary N) is 2. The summed E-state index contributed by atoms with van der Waals surface area (Å²) in [4.78, 5) is 38.7. The molecule has 4 rings (SSSR count). The number of para-hydroxylation sites is 1. The highest BCUT2D eigenvalue weighted by Gasteiger charge is 2.24. The number of urea groups is 1. The predicted molar refractivity (Wildman–Crippen MR) is 106 cm³/mol. The number of rotatable bonds is 5. The first-order valence-electron chi connectivity index (χ1n) is 9.39. The minimum absolute atomic E-state index is 0.0779. The van der Waals surface area contributed by atoms with Gasteiger partial charge in [-0.3, -0.25) is 14.9 Å². The van der Waals surface area contributed by atoms with Crippen LogP contribution < -0.4 is 15.5 Å². The van der Waals surface area contributed by atoms with E-state index in [1.54, 1.807) is 0 Å². The molecule has 0 spiro atoms. The number of fused-ring (bicyclic) bond motifs is 1. The molecule has 0 atom stereocenters. The lowest BCUT2D eigenvalue weighted by Gasteiger charge is -2.25. The fourth-order valence-corrected chi connectivity index (χ4v) is 3.61. The van der Waals surface area contributed by atoms with E-state index in [-0.39, 0.29) is 31.3 Å². The molecular formula is C21H22N4O3. The Labute approximate surface area is 163 Å². The SMILES string of the molecule is O=C1CCN(CC(=O)Nc2ccc(CN3CCc4ccccc43)cc2)C(=O)N1. The molecule has 28 heavy (non-hydrogen) atoms. The monoisotopic (exact) mass is 378 g/mol. The van der Waals surface area contributed by atoms with Crippen molar-refractivity contribution in [3.63, 3.8) is 0 Å². The van der Waals surface area contributed by atoms with Crippen molar-refractivity contribution in [1.82, 2.24) is 10.2 Å². The molecule has 0 saturated carbocycles. The van der Waals surface area contributed by atoms with Gasteiger partial charge in [0, 0.05) is 37.4 Å². The van der Waals surface area contributed by atoms with Gasteiger partial charge in [0.1, 0.15) is 6.54 Å². The summed E-state index contributed by atoms with van der Waals surface area (Å²) in [7, 11) is 0. The molecule has 2 heterocycles.